The molecular weight excluding hydrogens is 479 g/mol. The first-order valence-corrected chi connectivity index (χ1v) is 13.5. The Hall–Kier alpha value is -2.16. The fourth-order valence-corrected chi connectivity index (χ4v) is 6.60. The van der Waals surface area contributed by atoms with Crippen molar-refractivity contribution in [2.24, 2.45) is 5.41 Å². The highest BCUT2D eigenvalue weighted by Crippen LogP contribution is 2.38. The maximum Gasteiger partial charge on any atom is 0.246 e. The van der Waals surface area contributed by atoms with Crippen LogP contribution in [0.2, 0.25) is 5.02 Å². The number of piperidine rings is 2. The molecule has 2 saturated heterocycles. The van der Waals surface area contributed by atoms with Gasteiger partial charge in [-0.3, -0.25) is 4.79 Å². The van der Waals surface area contributed by atoms with Gasteiger partial charge in [0.2, 0.25) is 15.9 Å². The van der Waals surface area contributed by atoms with Crippen molar-refractivity contribution in [2.75, 3.05) is 32.8 Å². The van der Waals surface area contributed by atoms with Crippen molar-refractivity contribution in [2.45, 2.75) is 43.4 Å². The van der Waals surface area contributed by atoms with Gasteiger partial charge in [-0.1, -0.05) is 23.7 Å². The summed E-state index contributed by atoms with van der Waals surface area (Å²) in [6.45, 7) is 2.00. The fraction of sp³-hybridized carbons (Fsp3) is 0.480. The molecule has 2 aliphatic rings. The molecule has 4 rings (SSSR count). The number of rotatable bonds is 7. The minimum Gasteiger partial charge on any atom is -0.493 e. The Kier molecular flexibility index (Phi) is 7.80. The molecule has 1 atom stereocenters. The molecule has 1 unspecified atom stereocenters. The lowest BCUT2D eigenvalue weighted by molar-refractivity contribution is -0.136. The van der Waals surface area contributed by atoms with Crippen molar-refractivity contribution in [3.8, 4) is 5.75 Å². The van der Waals surface area contributed by atoms with Crippen LogP contribution in [0, 0.1) is 11.2 Å². The lowest BCUT2D eigenvalue weighted by atomic mass is 9.78. The molecule has 2 aliphatic heterocycles. The average molecular weight is 509 g/mol. The fourth-order valence-electron chi connectivity index (χ4n) is 4.82. The molecule has 9 heteroatoms. The molecule has 34 heavy (non-hydrogen) atoms. The van der Waals surface area contributed by atoms with E-state index in [4.69, 9.17) is 16.3 Å². The quantitative estimate of drug-likeness (QED) is 0.542. The van der Waals surface area contributed by atoms with Gasteiger partial charge in [0.15, 0.2) is 0 Å². The van der Waals surface area contributed by atoms with Gasteiger partial charge in [0.05, 0.1) is 6.61 Å². The maximum absolute atomic E-state index is 14.4. The zero-order valence-corrected chi connectivity index (χ0v) is 20.7. The summed E-state index contributed by atoms with van der Waals surface area (Å²) in [4.78, 5) is 14.8. The van der Waals surface area contributed by atoms with Gasteiger partial charge in [0, 0.05) is 43.0 Å². The molecule has 0 aromatic heterocycles. The molecule has 0 bridgehead atoms. The number of carbonyl (C=O) groups is 1. The number of halogens is 2. The van der Waals surface area contributed by atoms with Crippen LogP contribution < -0.4 is 4.74 Å². The minimum atomic E-state index is -4.05. The van der Waals surface area contributed by atoms with Crippen molar-refractivity contribution in [1.29, 1.82) is 0 Å². The van der Waals surface area contributed by atoms with E-state index in [1.165, 1.54) is 22.5 Å². The van der Waals surface area contributed by atoms with Crippen LogP contribution in [0.15, 0.2) is 53.4 Å². The summed E-state index contributed by atoms with van der Waals surface area (Å²) in [6, 6.07) is 12.3. The Morgan fingerprint density at radius 1 is 1.00 bits per heavy atom. The molecule has 0 saturated carbocycles. The maximum atomic E-state index is 14.4. The van der Waals surface area contributed by atoms with Gasteiger partial charge in [-0.2, -0.15) is 4.31 Å². The van der Waals surface area contributed by atoms with Gasteiger partial charge in [-0.25, -0.2) is 12.8 Å². The number of likely N-dealkylation sites (tertiary alicyclic amines) is 1. The predicted molar refractivity (Wildman–Crippen MR) is 129 cm³/mol. The standard InChI is InChI=1S/C25H30ClFN2O4S/c26-20-9-11-21(12-10-20)33-19-25(17-24(30)28-14-4-1-5-15-28)13-6-16-29(18-25)34(31,32)23-8-3-2-7-22(23)27/h2-3,7-12H,1,4-6,13-19H2. The van der Waals surface area contributed by atoms with E-state index in [2.05, 4.69) is 0 Å². The van der Waals surface area contributed by atoms with Gasteiger partial charge < -0.3 is 9.64 Å². The Labute approximate surface area is 205 Å². The van der Waals surface area contributed by atoms with Gasteiger partial charge in [-0.05, 0) is 68.5 Å². The summed E-state index contributed by atoms with van der Waals surface area (Å²) in [5.74, 6) is -0.159. The summed E-state index contributed by atoms with van der Waals surface area (Å²) in [6.07, 6.45) is 4.46. The Balaban J connectivity index is 1.58. The second-order valence-corrected chi connectivity index (χ2v) is 11.6. The molecule has 6 nitrogen and oxygen atoms in total. The van der Waals surface area contributed by atoms with Crippen molar-refractivity contribution in [3.05, 3.63) is 59.4 Å². The first kappa shape index (κ1) is 24.9. The van der Waals surface area contributed by atoms with Crippen molar-refractivity contribution < 1.29 is 22.3 Å². The Bertz CT molecular complexity index is 1110. The van der Waals surface area contributed by atoms with Crippen LogP contribution in [0.5, 0.6) is 5.75 Å². The van der Waals surface area contributed by atoms with E-state index in [9.17, 15) is 17.6 Å². The number of carbonyl (C=O) groups excluding carboxylic acids is 1. The topological polar surface area (TPSA) is 66.9 Å². The summed E-state index contributed by atoms with van der Waals surface area (Å²) in [5, 5.41) is 0.585. The zero-order chi connectivity index (χ0) is 24.2. The third kappa shape index (κ3) is 5.73. The largest absolute Gasteiger partial charge is 0.493 e. The van der Waals surface area contributed by atoms with Crippen LogP contribution in [-0.4, -0.2) is 56.3 Å². The molecule has 2 aromatic carbocycles. The van der Waals surface area contributed by atoms with Crippen LogP contribution in [0.25, 0.3) is 0 Å². The zero-order valence-electron chi connectivity index (χ0n) is 19.1. The lowest BCUT2D eigenvalue weighted by Gasteiger charge is -2.42. The Morgan fingerprint density at radius 3 is 2.41 bits per heavy atom. The second kappa shape index (κ2) is 10.6. The molecule has 0 aliphatic carbocycles. The lowest BCUT2D eigenvalue weighted by Crippen LogP contribution is -2.51. The molecule has 2 heterocycles. The molecule has 2 fully saturated rings. The van der Waals surface area contributed by atoms with Crippen LogP contribution >= 0.6 is 11.6 Å². The van der Waals surface area contributed by atoms with Crippen molar-refractivity contribution in [1.82, 2.24) is 9.21 Å². The summed E-state index contributed by atoms with van der Waals surface area (Å²) in [5.41, 5.74) is -0.718. The number of amides is 1. The van der Waals surface area contributed by atoms with Crippen LogP contribution in [0.3, 0.4) is 0 Å². The van der Waals surface area contributed by atoms with E-state index in [1.807, 2.05) is 4.90 Å². The van der Waals surface area contributed by atoms with E-state index in [-0.39, 0.29) is 36.9 Å². The van der Waals surface area contributed by atoms with Gasteiger partial charge in [0.1, 0.15) is 16.5 Å². The second-order valence-electron chi connectivity index (χ2n) is 9.23. The van der Waals surface area contributed by atoms with E-state index >= 15 is 0 Å². The molecule has 0 N–H and O–H groups in total. The average Bonchev–Trinajstić information content (AvgIpc) is 2.84. The van der Waals surface area contributed by atoms with E-state index in [0.29, 0.717) is 23.6 Å². The van der Waals surface area contributed by atoms with Crippen molar-refractivity contribution in [3.63, 3.8) is 0 Å². The van der Waals surface area contributed by atoms with E-state index < -0.39 is 21.3 Å². The molecular formula is C25H30ClFN2O4S. The molecule has 1 amide bonds. The SMILES string of the molecule is O=C(CC1(COc2ccc(Cl)cc2)CCCN(S(=O)(=O)c2ccccc2F)C1)N1CCCCC1. The molecule has 0 spiro atoms. The van der Waals surface area contributed by atoms with Gasteiger partial charge in [0.25, 0.3) is 0 Å². The molecule has 2 aromatic rings. The van der Waals surface area contributed by atoms with Crippen molar-refractivity contribution >= 4 is 27.5 Å². The number of hydrogen-bond acceptors (Lipinski definition) is 4. The van der Waals surface area contributed by atoms with Crippen LogP contribution in [0.4, 0.5) is 4.39 Å². The highest BCUT2D eigenvalue weighted by Gasteiger charge is 2.43. The first-order chi connectivity index (χ1) is 16.3. The highest BCUT2D eigenvalue weighted by atomic mass is 35.5. The first-order valence-electron chi connectivity index (χ1n) is 11.7. The number of hydrogen-bond donors (Lipinski definition) is 0. The van der Waals surface area contributed by atoms with Crippen LogP contribution in [0.1, 0.15) is 38.5 Å². The molecule has 184 valence electrons. The smallest absolute Gasteiger partial charge is 0.246 e. The predicted octanol–water partition coefficient (Wildman–Crippen LogP) is 4.73. The Morgan fingerprint density at radius 2 is 1.71 bits per heavy atom. The highest BCUT2D eigenvalue weighted by molar-refractivity contribution is 7.89. The summed E-state index contributed by atoms with van der Waals surface area (Å²) in [7, 11) is -4.05. The number of nitrogens with zero attached hydrogens (tertiary/aromatic N) is 2. The summed E-state index contributed by atoms with van der Waals surface area (Å²) < 4.78 is 48.4. The summed E-state index contributed by atoms with van der Waals surface area (Å²) >= 11 is 5.97. The minimum absolute atomic E-state index is 0.0181. The normalized spacial score (nSPS) is 21.9. The van der Waals surface area contributed by atoms with Crippen LogP contribution in [-0.2, 0) is 14.8 Å². The van der Waals surface area contributed by atoms with Gasteiger partial charge in [-0.15, -0.1) is 0 Å². The van der Waals surface area contributed by atoms with E-state index in [1.54, 1.807) is 24.3 Å². The number of ether oxygens (including phenoxy) is 1. The monoisotopic (exact) mass is 508 g/mol. The molecule has 0 radical (unpaired) electrons. The van der Waals surface area contributed by atoms with Gasteiger partial charge >= 0.3 is 0 Å². The third-order valence-corrected chi connectivity index (χ3v) is 8.80. The van der Waals surface area contributed by atoms with E-state index in [0.717, 1.165) is 38.4 Å². The third-order valence-electron chi connectivity index (χ3n) is 6.67. The number of benzene rings is 2. The number of sulfonamides is 1.